The third kappa shape index (κ3) is 4.51. The van der Waals surface area contributed by atoms with Crippen molar-refractivity contribution in [2.45, 2.75) is 6.54 Å². The van der Waals surface area contributed by atoms with Gasteiger partial charge in [0.2, 0.25) is 0 Å². The van der Waals surface area contributed by atoms with E-state index in [0.29, 0.717) is 36.6 Å². The quantitative estimate of drug-likeness (QED) is 0.724. The van der Waals surface area contributed by atoms with Crippen molar-refractivity contribution in [1.82, 2.24) is 14.9 Å². The molecule has 7 heteroatoms. The standard InChI is InChI=1S/C22H22FN5O/c23-19-6-2-1-5-17(19)15-25-20-9-8-18(16-26-20)22(29)28-13-11-27(12-14-28)21-7-3-4-10-24-21/h1-10,16H,11-15H2,(H,25,26). The van der Waals surface area contributed by atoms with Crippen molar-refractivity contribution in [3.63, 3.8) is 0 Å². The van der Waals surface area contributed by atoms with Crippen LogP contribution < -0.4 is 10.2 Å². The van der Waals surface area contributed by atoms with Crippen LogP contribution in [0, 0.1) is 5.82 Å². The number of nitrogens with one attached hydrogen (secondary N) is 1. The van der Waals surface area contributed by atoms with E-state index < -0.39 is 0 Å². The molecule has 3 heterocycles. The van der Waals surface area contributed by atoms with Gasteiger partial charge in [0.25, 0.3) is 5.91 Å². The van der Waals surface area contributed by atoms with E-state index in [4.69, 9.17) is 0 Å². The van der Waals surface area contributed by atoms with Crippen LogP contribution in [0.15, 0.2) is 67.0 Å². The molecular weight excluding hydrogens is 369 g/mol. The summed E-state index contributed by atoms with van der Waals surface area (Å²) in [7, 11) is 0. The molecule has 1 aromatic carbocycles. The van der Waals surface area contributed by atoms with E-state index in [2.05, 4.69) is 20.2 Å². The number of pyridine rings is 2. The van der Waals surface area contributed by atoms with Gasteiger partial charge >= 0.3 is 0 Å². The number of carbonyl (C=O) groups excluding carboxylic acids is 1. The summed E-state index contributed by atoms with van der Waals surface area (Å²) in [5.74, 6) is 1.26. The molecule has 1 aliphatic rings. The maximum atomic E-state index is 13.7. The lowest BCUT2D eigenvalue weighted by atomic mass is 10.2. The van der Waals surface area contributed by atoms with Crippen LogP contribution in [0.1, 0.15) is 15.9 Å². The number of nitrogens with zero attached hydrogens (tertiary/aromatic N) is 4. The molecule has 2 aromatic heterocycles. The minimum atomic E-state index is -0.253. The highest BCUT2D eigenvalue weighted by molar-refractivity contribution is 5.94. The molecule has 1 amide bonds. The monoisotopic (exact) mass is 391 g/mol. The third-order valence-corrected chi connectivity index (χ3v) is 4.97. The Labute approximate surface area is 169 Å². The summed E-state index contributed by atoms with van der Waals surface area (Å²) >= 11 is 0. The highest BCUT2D eigenvalue weighted by Gasteiger charge is 2.23. The van der Waals surface area contributed by atoms with Gasteiger partial charge in [-0.25, -0.2) is 14.4 Å². The van der Waals surface area contributed by atoms with Crippen LogP contribution in [0.3, 0.4) is 0 Å². The summed E-state index contributed by atoms with van der Waals surface area (Å²) < 4.78 is 13.7. The molecule has 1 aliphatic heterocycles. The topological polar surface area (TPSA) is 61.4 Å². The van der Waals surface area contributed by atoms with Gasteiger partial charge in [-0.1, -0.05) is 24.3 Å². The van der Waals surface area contributed by atoms with E-state index >= 15 is 0 Å². The number of aromatic nitrogens is 2. The molecule has 3 aromatic rings. The lowest BCUT2D eigenvalue weighted by molar-refractivity contribution is 0.0746. The third-order valence-electron chi connectivity index (χ3n) is 4.97. The molecule has 1 saturated heterocycles. The second-order valence-electron chi connectivity index (χ2n) is 6.84. The Morgan fingerprint density at radius 3 is 2.45 bits per heavy atom. The van der Waals surface area contributed by atoms with Crippen molar-refractivity contribution in [3.05, 3.63) is 83.9 Å². The summed E-state index contributed by atoms with van der Waals surface area (Å²) in [6.45, 7) is 3.12. The van der Waals surface area contributed by atoms with Crippen LogP contribution in [-0.4, -0.2) is 47.0 Å². The SMILES string of the molecule is O=C(c1ccc(NCc2ccccc2F)nc1)N1CCN(c2ccccn2)CC1. The molecule has 0 spiro atoms. The van der Waals surface area contributed by atoms with E-state index in [0.717, 1.165) is 18.9 Å². The number of benzene rings is 1. The van der Waals surface area contributed by atoms with Crippen LogP contribution >= 0.6 is 0 Å². The average Bonchev–Trinajstić information content (AvgIpc) is 2.79. The Hall–Kier alpha value is -3.48. The zero-order valence-electron chi connectivity index (χ0n) is 16.0. The van der Waals surface area contributed by atoms with E-state index in [9.17, 15) is 9.18 Å². The highest BCUT2D eigenvalue weighted by atomic mass is 19.1. The number of carbonyl (C=O) groups is 1. The minimum absolute atomic E-state index is 0.0289. The number of halogens is 1. The average molecular weight is 391 g/mol. The minimum Gasteiger partial charge on any atom is -0.366 e. The lowest BCUT2D eigenvalue weighted by Gasteiger charge is -2.35. The molecule has 4 rings (SSSR count). The highest BCUT2D eigenvalue weighted by Crippen LogP contribution is 2.15. The van der Waals surface area contributed by atoms with Gasteiger partial charge in [-0.2, -0.15) is 0 Å². The number of rotatable bonds is 5. The van der Waals surface area contributed by atoms with Gasteiger partial charge in [-0.15, -0.1) is 0 Å². The first-order valence-electron chi connectivity index (χ1n) is 9.59. The van der Waals surface area contributed by atoms with Crippen molar-refractivity contribution in [3.8, 4) is 0 Å². The molecule has 0 atom stereocenters. The van der Waals surface area contributed by atoms with Crippen LogP contribution in [-0.2, 0) is 6.54 Å². The lowest BCUT2D eigenvalue weighted by Crippen LogP contribution is -2.49. The van der Waals surface area contributed by atoms with Gasteiger partial charge in [0, 0.05) is 50.7 Å². The van der Waals surface area contributed by atoms with Crippen LogP contribution in [0.25, 0.3) is 0 Å². The zero-order valence-corrected chi connectivity index (χ0v) is 16.0. The normalized spacial score (nSPS) is 14.0. The van der Waals surface area contributed by atoms with Crippen LogP contribution in [0.4, 0.5) is 16.0 Å². The summed E-state index contributed by atoms with van der Waals surface area (Å²) in [5.41, 5.74) is 1.12. The maximum Gasteiger partial charge on any atom is 0.255 e. The molecule has 0 bridgehead atoms. The molecule has 6 nitrogen and oxygen atoms in total. The molecule has 1 fully saturated rings. The van der Waals surface area contributed by atoms with E-state index in [1.54, 1.807) is 42.7 Å². The van der Waals surface area contributed by atoms with E-state index in [1.165, 1.54) is 6.07 Å². The largest absolute Gasteiger partial charge is 0.366 e. The fourth-order valence-electron chi connectivity index (χ4n) is 3.31. The summed E-state index contributed by atoms with van der Waals surface area (Å²) in [6, 6.07) is 16.0. The molecular formula is C22H22FN5O. The number of hydrogen-bond acceptors (Lipinski definition) is 5. The zero-order chi connectivity index (χ0) is 20.1. The summed E-state index contributed by atoms with van der Waals surface area (Å²) in [6.07, 6.45) is 3.34. The van der Waals surface area contributed by atoms with Gasteiger partial charge in [-0.3, -0.25) is 4.79 Å². The van der Waals surface area contributed by atoms with Crippen molar-refractivity contribution in [2.24, 2.45) is 0 Å². The van der Waals surface area contributed by atoms with Gasteiger partial charge in [-0.05, 0) is 30.3 Å². The molecule has 0 saturated carbocycles. The van der Waals surface area contributed by atoms with Gasteiger partial charge in [0.05, 0.1) is 5.56 Å². The predicted molar refractivity (Wildman–Crippen MR) is 110 cm³/mol. The summed E-state index contributed by atoms with van der Waals surface area (Å²) in [5, 5.41) is 3.08. The van der Waals surface area contributed by atoms with Crippen LogP contribution in [0.2, 0.25) is 0 Å². The number of anilines is 2. The Kier molecular flexibility index (Phi) is 5.65. The number of hydrogen-bond donors (Lipinski definition) is 1. The Bertz CT molecular complexity index is 956. The van der Waals surface area contributed by atoms with E-state index in [-0.39, 0.29) is 11.7 Å². The molecule has 0 aliphatic carbocycles. The fourth-order valence-corrected chi connectivity index (χ4v) is 3.31. The maximum absolute atomic E-state index is 13.7. The Morgan fingerprint density at radius 1 is 0.966 bits per heavy atom. The molecule has 29 heavy (non-hydrogen) atoms. The smallest absolute Gasteiger partial charge is 0.255 e. The second-order valence-corrected chi connectivity index (χ2v) is 6.84. The van der Waals surface area contributed by atoms with Gasteiger partial charge in [0.15, 0.2) is 0 Å². The molecule has 1 N–H and O–H groups in total. The van der Waals surface area contributed by atoms with Crippen molar-refractivity contribution in [2.75, 3.05) is 36.4 Å². The predicted octanol–water partition coefficient (Wildman–Crippen LogP) is 3.19. The van der Waals surface area contributed by atoms with Gasteiger partial charge < -0.3 is 15.1 Å². The second kappa shape index (κ2) is 8.68. The molecule has 0 unspecified atom stereocenters. The van der Waals surface area contributed by atoms with Crippen molar-refractivity contribution < 1.29 is 9.18 Å². The van der Waals surface area contributed by atoms with Gasteiger partial charge in [0.1, 0.15) is 17.5 Å². The molecule has 0 radical (unpaired) electrons. The van der Waals surface area contributed by atoms with Crippen molar-refractivity contribution in [1.29, 1.82) is 0 Å². The Morgan fingerprint density at radius 2 is 1.76 bits per heavy atom. The fraction of sp³-hybridized carbons (Fsp3) is 0.227. The van der Waals surface area contributed by atoms with Crippen molar-refractivity contribution >= 4 is 17.5 Å². The first kappa shape index (κ1) is 18.9. The Balaban J connectivity index is 1.32. The molecule has 148 valence electrons. The van der Waals surface area contributed by atoms with Crippen LogP contribution in [0.5, 0.6) is 0 Å². The first-order chi connectivity index (χ1) is 14.2. The summed E-state index contributed by atoms with van der Waals surface area (Å²) in [4.78, 5) is 25.4. The number of piperazine rings is 1. The first-order valence-corrected chi connectivity index (χ1v) is 9.59. The van der Waals surface area contributed by atoms with E-state index in [1.807, 2.05) is 23.1 Å². The number of amides is 1.